The summed E-state index contributed by atoms with van der Waals surface area (Å²) in [6.07, 6.45) is 0. The summed E-state index contributed by atoms with van der Waals surface area (Å²) in [5.74, 6) is -0.793. The molecule has 24 heavy (non-hydrogen) atoms. The molecule has 0 radical (unpaired) electrons. The summed E-state index contributed by atoms with van der Waals surface area (Å²) in [7, 11) is 2.89. The van der Waals surface area contributed by atoms with Gasteiger partial charge in [-0.05, 0) is 18.2 Å². The van der Waals surface area contributed by atoms with E-state index in [9.17, 15) is 19.5 Å². The minimum absolute atomic E-state index is 0.00967. The zero-order chi connectivity index (χ0) is 17.4. The number of carbonyl (C=O) groups is 1. The third-order valence-corrected chi connectivity index (χ3v) is 3.68. The number of aryl methyl sites for hydroxylation is 1. The fourth-order valence-corrected chi connectivity index (χ4v) is 2.50. The first-order valence-corrected chi connectivity index (χ1v) is 6.94. The summed E-state index contributed by atoms with van der Waals surface area (Å²) in [6, 6.07) is 8.23. The molecule has 0 aliphatic heterocycles. The molecule has 0 atom stereocenters. The molecular weight excluding hydrogens is 314 g/mol. The van der Waals surface area contributed by atoms with E-state index in [0.29, 0.717) is 11.3 Å². The van der Waals surface area contributed by atoms with Gasteiger partial charge in [0.15, 0.2) is 5.65 Å². The average Bonchev–Trinajstić information content (AvgIpc) is 2.58. The Labute approximate surface area is 135 Å². The van der Waals surface area contributed by atoms with E-state index in [4.69, 9.17) is 4.74 Å². The van der Waals surface area contributed by atoms with Crippen molar-refractivity contribution in [2.24, 2.45) is 7.05 Å². The maximum atomic E-state index is 12.1. The first kappa shape index (κ1) is 15.5. The number of aromatic carboxylic acids is 1. The summed E-state index contributed by atoms with van der Waals surface area (Å²) in [4.78, 5) is 41.9. The third-order valence-electron chi connectivity index (χ3n) is 3.68. The van der Waals surface area contributed by atoms with Gasteiger partial charge >= 0.3 is 11.7 Å². The van der Waals surface area contributed by atoms with E-state index in [-0.39, 0.29) is 22.3 Å². The number of nitrogens with one attached hydrogen (secondary N) is 1. The van der Waals surface area contributed by atoms with Crippen LogP contribution >= 0.6 is 0 Å². The van der Waals surface area contributed by atoms with Crippen LogP contribution in [0.1, 0.15) is 10.4 Å². The minimum Gasteiger partial charge on any atom is -0.496 e. The van der Waals surface area contributed by atoms with E-state index in [1.54, 1.807) is 24.3 Å². The Hall–Kier alpha value is -3.42. The molecule has 2 aromatic heterocycles. The Morgan fingerprint density at radius 3 is 2.67 bits per heavy atom. The summed E-state index contributed by atoms with van der Waals surface area (Å²) < 4.78 is 6.37. The Morgan fingerprint density at radius 2 is 2.00 bits per heavy atom. The number of methoxy groups -OCH3 is 1. The Bertz CT molecular complexity index is 1080. The highest BCUT2D eigenvalue weighted by Crippen LogP contribution is 2.30. The van der Waals surface area contributed by atoms with Crippen LogP contribution in [0.4, 0.5) is 0 Å². The van der Waals surface area contributed by atoms with Gasteiger partial charge in [0, 0.05) is 12.6 Å². The van der Waals surface area contributed by atoms with Crippen molar-refractivity contribution in [3.05, 3.63) is 56.7 Å². The van der Waals surface area contributed by atoms with Crippen LogP contribution in [0.25, 0.3) is 22.3 Å². The number of aromatic nitrogens is 3. The molecule has 122 valence electrons. The first-order valence-electron chi connectivity index (χ1n) is 6.94. The monoisotopic (exact) mass is 327 g/mol. The molecule has 0 saturated heterocycles. The molecule has 0 unspecified atom stereocenters. The number of hydrogen-bond acceptors (Lipinski definition) is 5. The number of H-pyrrole nitrogens is 1. The zero-order valence-electron chi connectivity index (χ0n) is 12.9. The average molecular weight is 327 g/mol. The predicted octanol–water partition coefficient (Wildman–Crippen LogP) is 0.996. The molecular formula is C16H13N3O5. The van der Waals surface area contributed by atoms with Gasteiger partial charge < -0.3 is 9.84 Å². The molecule has 3 rings (SSSR count). The molecule has 3 aromatic rings. The second-order valence-electron chi connectivity index (χ2n) is 5.08. The number of para-hydroxylation sites is 1. The molecule has 2 N–H and O–H groups in total. The second-order valence-corrected chi connectivity index (χ2v) is 5.08. The van der Waals surface area contributed by atoms with Crippen LogP contribution in [-0.4, -0.2) is 32.7 Å². The van der Waals surface area contributed by atoms with Crippen LogP contribution in [0.3, 0.4) is 0 Å². The van der Waals surface area contributed by atoms with Crippen molar-refractivity contribution < 1.29 is 14.6 Å². The van der Waals surface area contributed by atoms with Crippen molar-refractivity contribution in [2.45, 2.75) is 0 Å². The standard InChI is InChI=1S/C16H13N3O5/c1-19-13-12(14(20)18-16(19)23)9(15(21)22)7-10(17-13)8-5-3-4-6-11(8)24-2/h3-7H,1-2H3,(H,21,22)(H,18,20,23). The van der Waals surface area contributed by atoms with Gasteiger partial charge in [0.1, 0.15) is 5.75 Å². The van der Waals surface area contributed by atoms with Crippen molar-refractivity contribution in [1.29, 1.82) is 0 Å². The Morgan fingerprint density at radius 1 is 1.29 bits per heavy atom. The van der Waals surface area contributed by atoms with Crippen LogP contribution < -0.4 is 16.0 Å². The number of ether oxygens (including phenoxy) is 1. The number of aromatic amines is 1. The highest BCUT2D eigenvalue weighted by molar-refractivity contribution is 6.02. The predicted molar refractivity (Wildman–Crippen MR) is 86.6 cm³/mol. The molecule has 0 amide bonds. The van der Waals surface area contributed by atoms with Crippen LogP contribution in [-0.2, 0) is 7.05 Å². The number of pyridine rings is 1. The van der Waals surface area contributed by atoms with Gasteiger partial charge in [-0.25, -0.2) is 14.6 Å². The number of nitrogens with zero attached hydrogens (tertiary/aromatic N) is 2. The number of carboxylic acids is 1. The van der Waals surface area contributed by atoms with E-state index in [0.717, 1.165) is 4.57 Å². The van der Waals surface area contributed by atoms with Crippen molar-refractivity contribution in [1.82, 2.24) is 14.5 Å². The number of hydrogen-bond donors (Lipinski definition) is 2. The molecule has 0 saturated carbocycles. The zero-order valence-corrected chi connectivity index (χ0v) is 12.9. The normalized spacial score (nSPS) is 10.8. The Kier molecular flexibility index (Phi) is 3.64. The van der Waals surface area contributed by atoms with Crippen LogP contribution in [0, 0.1) is 0 Å². The summed E-state index contributed by atoms with van der Waals surface area (Å²) in [5, 5.41) is 9.32. The maximum Gasteiger partial charge on any atom is 0.336 e. The Balaban J connectivity index is 2.49. The number of carboxylic acid groups (broad SMARTS) is 1. The SMILES string of the molecule is COc1ccccc1-c1cc(C(=O)O)c2c(=O)[nH]c(=O)n(C)c2n1. The van der Waals surface area contributed by atoms with Gasteiger partial charge in [-0.15, -0.1) is 0 Å². The topological polar surface area (TPSA) is 114 Å². The van der Waals surface area contributed by atoms with Gasteiger partial charge in [0.05, 0.1) is 23.8 Å². The van der Waals surface area contributed by atoms with Crippen molar-refractivity contribution in [3.63, 3.8) is 0 Å². The first-order chi connectivity index (χ1) is 11.4. The molecule has 2 heterocycles. The highest BCUT2D eigenvalue weighted by atomic mass is 16.5. The summed E-state index contributed by atoms with van der Waals surface area (Å²) in [6.45, 7) is 0. The van der Waals surface area contributed by atoms with Crippen LogP contribution in [0.15, 0.2) is 39.9 Å². The fourth-order valence-electron chi connectivity index (χ4n) is 2.50. The smallest absolute Gasteiger partial charge is 0.336 e. The largest absolute Gasteiger partial charge is 0.496 e. The molecule has 8 heteroatoms. The number of fused-ring (bicyclic) bond motifs is 1. The molecule has 0 bridgehead atoms. The maximum absolute atomic E-state index is 12.1. The quantitative estimate of drug-likeness (QED) is 0.741. The van der Waals surface area contributed by atoms with Gasteiger partial charge in [0.25, 0.3) is 5.56 Å². The van der Waals surface area contributed by atoms with E-state index >= 15 is 0 Å². The summed E-state index contributed by atoms with van der Waals surface area (Å²) in [5.41, 5.74) is -0.865. The second kappa shape index (κ2) is 5.65. The molecule has 0 fully saturated rings. The van der Waals surface area contributed by atoms with E-state index < -0.39 is 17.2 Å². The van der Waals surface area contributed by atoms with Gasteiger partial charge in [-0.1, -0.05) is 12.1 Å². The lowest BCUT2D eigenvalue weighted by molar-refractivity contribution is 0.0699. The molecule has 1 aromatic carbocycles. The number of benzene rings is 1. The molecule has 8 nitrogen and oxygen atoms in total. The lowest BCUT2D eigenvalue weighted by Gasteiger charge is -2.11. The molecule has 0 aliphatic carbocycles. The van der Waals surface area contributed by atoms with Crippen molar-refractivity contribution in [2.75, 3.05) is 7.11 Å². The minimum atomic E-state index is -1.29. The van der Waals surface area contributed by atoms with Crippen molar-refractivity contribution >= 4 is 17.0 Å². The summed E-state index contributed by atoms with van der Waals surface area (Å²) >= 11 is 0. The lowest BCUT2D eigenvalue weighted by atomic mass is 10.1. The van der Waals surface area contributed by atoms with Gasteiger partial charge in [0.2, 0.25) is 0 Å². The molecule has 0 aliphatic rings. The van der Waals surface area contributed by atoms with Crippen LogP contribution in [0.5, 0.6) is 5.75 Å². The highest BCUT2D eigenvalue weighted by Gasteiger charge is 2.19. The lowest BCUT2D eigenvalue weighted by Crippen LogP contribution is -2.30. The van der Waals surface area contributed by atoms with E-state index in [1.807, 2.05) is 0 Å². The van der Waals surface area contributed by atoms with E-state index in [2.05, 4.69) is 9.97 Å². The number of rotatable bonds is 3. The van der Waals surface area contributed by atoms with Gasteiger partial charge in [-0.2, -0.15) is 0 Å². The van der Waals surface area contributed by atoms with Gasteiger partial charge in [-0.3, -0.25) is 14.3 Å². The van der Waals surface area contributed by atoms with Crippen LogP contribution in [0.2, 0.25) is 0 Å². The van der Waals surface area contributed by atoms with E-state index in [1.165, 1.54) is 20.2 Å². The fraction of sp³-hybridized carbons (Fsp3) is 0.125. The third kappa shape index (κ3) is 2.34. The molecule has 0 spiro atoms. The van der Waals surface area contributed by atoms with Crippen molar-refractivity contribution in [3.8, 4) is 17.0 Å².